The Morgan fingerprint density at radius 2 is 2.11 bits per heavy atom. The summed E-state index contributed by atoms with van der Waals surface area (Å²) in [4.78, 5) is 4.58. The van der Waals surface area contributed by atoms with Crippen LogP contribution in [0, 0.1) is 11.3 Å². The predicted molar refractivity (Wildman–Crippen MR) is 76.0 cm³/mol. The number of benzene rings is 1. The predicted octanol–water partition coefficient (Wildman–Crippen LogP) is 4.36. The Bertz CT molecular complexity index is 777. The van der Waals surface area contributed by atoms with Crippen molar-refractivity contribution < 1.29 is 4.42 Å². The highest BCUT2D eigenvalue weighted by atomic mass is 32.1. The molecule has 0 spiro atoms. The maximum absolute atomic E-state index is 9.16. The van der Waals surface area contributed by atoms with Gasteiger partial charge in [0.25, 0.3) is 0 Å². The number of para-hydroxylation sites is 1. The van der Waals surface area contributed by atoms with Crippen LogP contribution in [0.3, 0.4) is 0 Å². The van der Waals surface area contributed by atoms with E-state index in [0.717, 1.165) is 27.2 Å². The van der Waals surface area contributed by atoms with Gasteiger partial charge in [0.15, 0.2) is 0 Å². The first-order chi connectivity index (χ1) is 9.12. The molecule has 0 unspecified atom stereocenters. The van der Waals surface area contributed by atoms with E-state index in [-0.39, 0.29) is 0 Å². The molecule has 0 fully saturated rings. The Hall–Kier alpha value is -2.12. The van der Waals surface area contributed by atoms with Gasteiger partial charge in [-0.3, -0.25) is 0 Å². The van der Waals surface area contributed by atoms with Crippen LogP contribution in [0.4, 0.5) is 0 Å². The molecule has 0 saturated heterocycles. The molecule has 0 bridgehead atoms. The van der Waals surface area contributed by atoms with Crippen molar-refractivity contribution in [1.29, 1.82) is 5.26 Å². The molecule has 3 nitrogen and oxygen atoms in total. The summed E-state index contributed by atoms with van der Waals surface area (Å²) in [5.74, 6) is 0. The Morgan fingerprint density at radius 3 is 2.89 bits per heavy atom. The van der Waals surface area contributed by atoms with Gasteiger partial charge in [0.05, 0.1) is 11.8 Å². The molecule has 0 aliphatic rings. The number of rotatable bonds is 2. The smallest absolute Gasteiger partial charge is 0.134 e. The molecule has 4 heteroatoms. The Morgan fingerprint density at radius 1 is 1.32 bits per heavy atom. The SMILES string of the molecule is CC(C)(C#N)c1nc(-c2coc3ccccc23)cs1. The van der Waals surface area contributed by atoms with Crippen LogP contribution in [0.5, 0.6) is 0 Å². The molecule has 0 amide bonds. The molecule has 0 N–H and O–H groups in total. The molecule has 0 aliphatic heterocycles. The van der Waals surface area contributed by atoms with Crippen molar-refractivity contribution in [2.45, 2.75) is 19.3 Å². The van der Waals surface area contributed by atoms with Crippen molar-refractivity contribution in [3.05, 3.63) is 40.9 Å². The van der Waals surface area contributed by atoms with Gasteiger partial charge in [-0.1, -0.05) is 18.2 Å². The molecular formula is C15H12N2OS. The fraction of sp³-hybridized carbons (Fsp3) is 0.200. The molecule has 3 aromatic rings. The molecular weight excluding hydrogens is 256 g/mol. The molecule has 2 aromatic heterocycles. The van der Waals surface area contributed by atoms with E-state index < -0.39 is 5.41 Å². The number of hydrogen-bond acceptors (Lipinski definition) is 4. The number of nitrogens with zero attached hydrogens (tertiary/aromatic N) is 2. The molecule has 94 valence electrons. The van der Waals surface area contributed by atoms with E-state index in [1.165, 1.54) is 11.3 Å². The normalized spacial score (nSPS) is 11.6. The highest BCUT2D eigenvalue weighted by Crippen LogP contribution is 2.34. The minimum absolute atomic E-state index is 0.553. The summed E-state index contributed by atoms with van der Waals surface area (Å²) in [6.07, 6.45) is 1.73. The first-order valence-corrected chi connectivity index (χ1v) is 6.83. The van der Waals surface area contributed by atoms with Crippen LogP contribution in [0.25, 0.3) is 22.2 Å². The average Bonchev–Trinajstić information content (AvgIpc) is 3.05. The second-order valence-electron chi connectivity index (χ2n) is 4.92. The lowest BCUT2D eigenvalue weighted by molar-refractivity contribution is 0.616. The molecule has 0 aliphatic carbocycles. The number of thiazole rings is 1. The van der Waals surface area contributed by atoms with Crippen LogP contribution in [-0.4, -0.2) is 4.98 Å². The number of hydrogen-bond donors (Lipinski definition) is 0. The molecule has 0 radical (unpaired) electrons. The van der Waals surface area contributed by atoms with E-state index in [2.05, 4.69) is 11.1 Å². The van der Waals surface area contributed by atoms with E-state index in [9.17, 15) is 0 Å². The third-order valence-corrected chi connectivity index (χ3v) is 4.24. The lowest BCUT2D eigenvalue weighted by atomic mass is 9.97. The van der Waals surface area contributed by atoms with Gasteiger partial charge in [-0.2, -0.15) is 5.26 Å². The van der Waals surface area contributed by atoms with Gasteiger partial charge in [-0.15, -0.1) is 11.3 Å². The molecule has 2 heterocycles. The Balaban J connectivity index is 2.11. The summed E-state index contributed by atoms with van der Waals surface area (Å²) >= 11 is 1.51. The lowest BCUT2D eigenvalue weighted by Gasteiger charge is -2.09. The van der Waals surface area contributed by atoms with Crippen LogP contribution < -0.4 is 0 Å². The lowest BCUT2D eigenvalue weighted by Crippen LogP contribution is -2.13. The number of furan rings is 1. The van der Waals surface area contributed by atoms with Gasteiger partial charge in [0.2, 0.25) is 0 Å². The first kappa shape index (κ1) is 11.9. The van der Waals surface area contributed by atoms with E-state index in [1.807, 2.05) is 43.5 Å². The molecule has 3 rings (SSSR count). The van der Waals surface area contributed by atoms with Crippen molar-refractivity contribution in [3.63, 3.8) is 0 Å². The second kappa shape index (κ2) is 4.22. The Kier molecular flexibility index (Phi) is 2.65. The molecule has 0 saturated carbocycles. The number of nitriles is 1. The summed E-state index contributed by atoms with van der Waals surface area (Å²) in [5, 5.41) is 13.0. The molecule has 19 heavy (non-hydrogen) atoms. The van der Waals surface area contributed by atoms with E-state index in [0.29, 0.717) is 0 Å². The highest BCUT2D eigenvalue weighted by molar-refractivity contribution is 7.10. The van der Waals surface area contributed by atoms with Gasteiger partial charge < -0.3 is 4.42 Å². The number of fused-ring (bicyclic) bond motifs is 1. The summed E-state index contributed by atoms with van der Waals surface area (Å²) < 4.78 is 5.52. The molecule has 0 atom stereocenters. The summed E-state index contributed by atoms with van der Waals surface area (Å²) in [6.45, 7) is 3.76. The van der Waals surface area contributed by atoms with Gasteiger partial charge in [0, 0.05) is 16.3 Å². The van der Waals surface area contributed by atoms with Crippen LogP contribution in [-0.2, 0) is 5.41 Å². The zero-order chi connectivity index (χ0) is 13.5. The van der Waals surface area contributed by atoms with E-state index in [1.54, 1.807) is 6.26 Å². The maximum Gasteiger partial charge on any atom is 0.134 e. The van der Waals surface area contributed by atoms with E-state index >= 15 is 0 Å². The van der Waals surface area contributed by atoms with Crippen molar-refractivity contribution in [2.75, 3.05) is 0 Å². The summed E-state index contributed by atoms with van der Waals surface area (Å²) in [5.41, 5.74) is 2.15. The Labute approximate surface area is 115 Å². The van der Waals surface area contributed by atoms with Gasteiger partial charge >= 0.3 is 0 Å². The fourth-order valence-electron chi connectivity index (χ4n) is 1.91. The van der Waals surface area contributed by atoms with Gasteiger partial charge in [-0.25, -0.2) is 4.98 Å². The largest absolute Gasteiger partial charge is 0.464 e. The topological polar surface area (TPSA) is 49.8 Å². The monoisotopic (exact) mass is 268 g/mol. The number of aromatic nitrogens is 1. The highest BCUT2D eigenvalue weighted by Gasteiger charge is 2.24. The zero-order valence-electron chi connectivity index (χ0n) is 10.7. The fourth-order valence-corrected chi connectivity index (χ4v) is 2.80. The third kappa shape index (κ3) is 1.92. The van der Waals surface area contributed by atoms with Crippen molar-refractivity contribution in [1.82, 2.24) is 4.98 Å². The third-order valence-electron chi connectivity index (χ3n) is 3.08. The van der Waals surface area contributed by atoms with Crippen LogP contribution in [0.15, 0.2) is 40.3 Å². The molecule has 1 aromatic carbocycles. The van der Waals surface area contributed by atoms with Crippen molar-refractivity contribution in [3.8, 4) is 17.3 Å². The van der Waals surface area contributed by atoms with Crippen molar-refractivity contribution in [2.24, 2.45) is 0 Å². The van der Waals surface area contributed by atoms with Crippen LogP contribution in [0.1, 0.15) is 18.9 Å². The minimum atomic E-state index is -0.553. The minimum Gasteiger partial charge on any atom is -0.464 e. The van der Waals surface area contributed by atoms with Crippen LogP contribution >= 0.6 is 11.3 Å². The zero-order valence-corrected chi connectivity index (χ0v) is 11.5. The van der Waals surface area contributed by atoms with Gasteiger partial charge in [-0.05, 0) is 19.9 Å². The standard InChI is InChI=1S/C15H12N2OS/c1-15(2,9-16)14-17-12(8-19-14)11-7-18-13-6-4-3-5-10(11)13/h3-8H,1-2H3. The average molecular weight is 268 g/mol. The first-order valence-electron chi connectivity index (χ1n) is 5.96. The summed E-state index contributed by atoms with van der Waals surface area (Å²) in [7, 11) is 0. The van der Waals surface area contributed by atoms with Crippen LogP contribution in [0.2, 0.25) is 0 Å². The van der Waals surface area contributed by atoms with E-state index in [4.69, 9.17) is 9.68 Å². The second-order valence-corrected chi connectivity index (χ2v) is 5.78. The quantitative estimate of drug-likeness (QED) is 0.694. The maximum atomic E-state index is 9.16. The summed E-state index contributed by atoms with van der Waals surface area (Å²) in [6, 6.07) is 10.2. The van der Waals surface area contributed by atoms with Gasteiger partial charge in [0.1, 0.15) is 22.3 Å². The van der Waals surface area contributed by atoms with Crippen molar-refractivity contribution >= 4 is 22.3 Å².